The molecular formula is C23H25BrN4S. The van der Waals surface area contributed by atoms with Crippen LogP contribution in [-0.2, 0) is 5.75 Å². The molecule has 0 amide bonds. The number of aromatic nitrogens is 2. The van der Waals surface area contributed by atoms with Crippen molar-refractivity contribution in [1.82, 2.24) is 9.97 Å². The van der Waals surface area contributed by atoms with Crippen molar-refractivity contribution in [3.8, 4) is 0 Å². The van der Waals surface area contributed by atoms with E-state index in [0.29, 0.717) is 12.0 Å². The first kappa shape index (κ1) is 20.2. The van der Waals surface area contributed by atoms with Crippen LogP contribution in [0, 0.1) is 6.92 Å². The molecule has 29 heavy (non-hydrogen) atoms. The molecule has 1 aliphatic carbocycles. The number of benzene rings is 2. The van der Waals surface area contributed by atoms with Gasteiger partial charge in [-0.3, -0.25) is 0 Å². The third-order valence-corrected chi connectivity index (χ3v) is 6.78. The van der Waals surface area contributed by atoms with Crippen LogP contribution in [0.1, 0.15) is 36.8 Å². The van der Waals surface area contributed by atoms with E-state index in [-0.39, 0.29) is 0 Å². The maximum absolute atomic E-state index is 4.69. The minimum Gasteiger partial charge on any atom is -0.366 e. The van der Waals surface area contributed by atoms with Crippen LogP contribution in [0.5, 0.6) is 0 Å². The Balaban J connectivity index is 1.42. The molecule has 1 heterocycles. The SMILES string of the molecule is Cc1cc(SCc2ccccc2)ccc1Nc1ncc(Br)c(NC2CCCC2)n1. The largest absolute Gasteiger partial charge is 0.366 e. The van der Waals surface area contributed by atoms with E-state index in [2.05, 4.69) is 92.0 Å². The second-order valence-corrected chi connectivity index (χ2v) is 9.29. The zero-order valence-electron chi connectivity index (χ0n) is 16.5. The van der Waals surface area contributed by atoms with Crippen LogP contribution in [0.15, 0.2) is 64.1 Å². The first-order valence-electron chi connectivity index (χ1n) is 10.0. The summed E-state index contributed by atoms with van der Waals surface area (Å²) in [5.41, 5.74) is 3.55. The molecule has 2 aromatic carbocycles. The Bertz CT molecular complexity index is 958. The molecule has 0 spiro atoms. The third-order valence-electron chi connectivity index (χ3n) is 5.13. The van der Waals surface area contributed by atoms with E-state index in [0.717, 1.165) is 21.7 Å². The summed E-state index contributed by atoms with van der Waals surface area (Å²) in [4.78, 5) is 10.4. The van der Waals surface area contributed by atoms with Crippen molar-refractivity contribution in [3.63, 3.8) is 0 Å². The molecule has 2 N–H and O–H groups in total. The van der Waals surface area contributed by atoms with Crippen LogP contribution in [0.25, 0.3) is 0 Å². The fourth-order valence-corrected chi connectivity index (χ4v) is 4.78. The minimum absolute atomic E-state index is 0.511. The van der Waals surface area contributed by atoms with Gasteiger partial charge in [0.15, 0.2) is 0 Å². The van der Waals surface area contributed by atoms with Gasteiger partial charge in [-0.25, -0.2) is 4.98 Å². The molecule has 1 aliphatic rings. The van der Waals surface area contributed by atoms with Gasteiger partial charge in [-0.15, -0.1) is 11.8 Å². The summed E-state index contributed by atoms with van der Waals surface area (Å²) >= 11 is 5.42. The van der Waals surface area contributed by atoms with Crippen molar-refractivity contribution in [2.75, 3.05) is 10.6 Å². The van der Waals surface area contributed by atoms with Crippen LogP contribution >= 0.6 is 27.7 Å². The van der Waals surface area contributed by atoms with Crippen molar-refractivity contribution < 1.29 is 0 Å². The molecule has 0 saturated heterocycles. The van der Waals surface area contributed by atoms with E-state index in [1.807, 2.05) is 18.0 Å². The summed E-state index contributed by atoms with van der Waals surface area (Å²) in [5.74, 6) is 2.45. The molecule has 0 bridgehead atoms. The minimum atomic E-state index is 0.511. The fraction of sp³-hybridized carbons (Fsp3) is 0.304. The molecule has 0 radical (unpaired) electrons. The van der Waals surface area contributed by atoms with E-state index < -0.39 is 0 Å². The van der Waals surface area contributed by atoms with Crippen LogP contribution in [0.4, 0.5) is 17.5 Å². The predicted octanol–water partition coefficient (Wildman–Crippen LogP) is 6.94. The smallest absolute Gasteiger partial charge is 0.229 e. The standard InChI is InChI=1S/C23H25BrN4S/c1-16-13-19(29-15-17-7-3-2-4-8-17)11-12-21(16)27-23-25-14-20(24)22(28-23)26-18-9-5-6-10-18/h2-4,7-8,11-14,18H,5-6,9-10,15H2,1H3,(H2,25,26,27,28). The number of nitrogens with zero attached hydrogens (tertiary/aromatic N) is 2. The molecule has 4 nitrogen and oxygen atoms in total. The Hall–Kier alpha value is -2.05. The molecule has 0 unspecified atom stereocenters. The van der Waals surface area contributed by atoms with Gasteiger partial charge in [-0.1, -0.05) is 43.2 Å². The molecule has 0 aliphatic heterocycles. The Labute approximate surface area is 185 Å². The van der Waals surface area contributed by atoms with E-state index in [4.69, 9.17) is 0 Å². The normalized spacial score (nSPS) is 14.1. The summed E-state index contributed by atoms with van der Waals surface area (Å²) in [6, 6.07) is 17.5. The number of hydrogen-bond donors (Lipinski definition) is 2. The second-order valence-electron chi connectivity index (χ2n) is 7.39. The maximum atomic E-state index is 4.69. The molecule has 1 saturated carbocycles. The lowest BCUT2D eigenvalue weighted by Crippen LogP contribution is -2.16. The molecule has 3 aromatic rings. The Kier molecular flexibility index (Phi) is 6.72. The molecule has 6 heteroatoms. The molecule has 0 atom stereocenters. The van der Waals surface area contributed by atoms with Gasteiger partial charge in [0, 0.05) is 28.6 Å². The van der Waals surface area contributed by atoms with Gasteiger partial charge in [0.05, 0.1) is 4.47 Å². The Morgan fingerprint density at radius 1 is 1.10 bits per heavy atom. The van der Waals surface area contributed by atoms with Crippen LogP contribution in [0.3, 0.4) is 0 Å². The van der Waals surface area contributed by atoms with Gasteiger partial charge in [0.25, 0.3) is 0 Å². The lowest BCUT2D eigenvalue weighted by Gasteiger charge is -2.15. The fourth-order valence-electron chi connectivity index (χ4n) is 3.52. The quantitative estimate of drug-likeness (QED) is 0.367. The first-order valence-corrected chi connectivity index (χ1v) is 11.8. The average Bonchev–Trinajstić information content (AvgIpc) is 3.25. The third kappa shape index (κ3) is 5.52. The van der Waals surface area contributed by atoms with Gasteiger partial charge in [0.1, 0.15) is 5.82 Å². The topological polar surface area (TPSA) is 49.8 Å². The zero-order valence-corrected chi connectivity index (χ0v) is 18.9. The molecule has 4 rings (SSSR count). The highest BCUT2D eigenvalue weighted by Crippen LogP contribution is 2.30. The number of halogens is 1. The zero-order chi connectivity index (χ0) is 20.1. The lowest BCUT2D eigenvalue weighted by atomic mass is 10.2. The van der Waals surface area contributed by atoms with E-state index in [1.54, 1.807) is 0 Å². The molecule has 1 aromatic heterocycles. The van der Waals surface area contributed by atoms with Gasteiger partial charge >= 0.3 is 0 Å². The Morgan fingerprint density at radius 3 is 2.66 bits per heavy atom. The Morgan fingerprint density at radius 2 is 1.90 bits per heavy atom. The highest BCUT2D eigenvalue weighted by molar-refractivity contribution is 9.10. The van der Waals surface area contributed by atoms with Gasteiger partial charge < -0.3 is 10.6 Å². The monoisotopic (exact) mass is 468 g/mol. The number of rotatable bonds is 7. The first-order chi connectivity index (χ1) is 14.2. The van der Waals surface area contributed by atoms with Crippen molar-refractivity contribution in [3.05, 3.63) is 70.3 Å². The number of anilines is 3. The summed E-state index contributed by atoms with van der Waals surface area (Å²) in [7, 11) is 0. The van der Waals surface area contributed by atoms with Crippen LogP contribution in [-0.4, -0.2) is 16.0 Å². The van der Waals surface area contributed by atoms with E-state index in [9.17, 15) is 0 Å². The van der Waals surface area contributed by atoms with Crippen LogP contribution in [0.2, 0.25) is 0 Å². The van der Waals surface area contributed by atoms with Gasteiger partial charge in [-0.2, -0.15) is 4.98 Å². The van der Waals surface area contributed by atoms with Gasteiger partial charge in [0.2, 0.25) is 5.95 Å². The van der Waals surface area contributed by atoms with Gasteiger partial charge in [-0.05, 0) is 65.0 Å². The van der Waals surface area contributed by atoms with Crippen molar-refractivity contribution in [2.45, 2.75) is 49.3 Å². The summed E-state index contributed by atoms with van der Waals surface area (Å²) < 4.78 is 0.902. The molecular weight excluding hydrogens is 444 g/mol. The summed E-state index contributed by atoms with van der Waals surface area (Å²) in [6.07, 6.45) is 6.81. The maximum Gasteiger partial charge on any atom is 0.229 e. The van der Waals surface area contributed by atoms with Crippen molar-refractivity contribution in [2.24, 2.45) is 0 Å². The van der Waals surface area contributed by atoms with Crippen molar-refractivity contribution >= 4 is 45.1 Å². The predicted molar refractivity (Wildman–Crippen MR) is 126 cm³/mol. The number of aryl methyl sites for hydroxylation is 1. The summed E-state index contributed by atoms with van der Waals surface area (Å²) in [5, 5.41) is 6.92. The van der Waals surface area contributed by atoms with Crippen molar-refractivity contribution in [1.29, 1.82) is 0 Å². The molecule has 1 fully saturated rings. The lowest BCUT2D eigenvalue weighted by molar-refractivity contribution is 0.749. The number of thioether (sulfide) groups is 1. The highest BCUT2D eigenvalue weighted by Gasteiger charge is 2.17. The number of nitrogens with one attached hydrogen (secondary N) is 2. The second kappa shape index (κ2) is 9.63. The van der Waals surface area contributed by atoms with E-state index in [1.165, 1.54) is 41.7 Å². The average molecular weight is 469 g/mol. The van der Waals surface area contributed by atoms with Crippen LogP contribution < -0.4 is 10.6 Å². The summed E-state index contributed by atoms with van der Waals surface area (Å²) in [6.45, 7) is 2.12. The number of hydrogen-bond acceptors (Lipinski definition) is 5. The highest BCUT2D eigenvalue weighted by atomic mass is 79.9. The molecule has 150 valence electrons. The van der Waals surface area contributed by atoms with E-state index >= 15 is 0 Å².